The Bertz CT molecular complexity index is 411. The Balaban J connectivity index is 2.01. The predicted molar refractivity (Wildman–Crippen MR) is 91.7 cm³/mol. The number of hydrogen-bond acceptors (Lipinski definition) is 2. The van der Waals surface area contributed by atoms with Crippen molar-refractivity contribution in [3.05, 3.63) is 35.9 Å². The van der Waals surface area contributed by atoms with Crippen LogP contribution in [0.1, 0.15) is 39.2 Å². The van der Waals surface area contributed by atoms with Gasteiger partial charge in [0.05, 0.1) is 0 Å². The van der Waals surface area contributed by atoms with Gasteiger partial charge in [-0.1, -0.05) is 51.1 Å². The van der Waals surface area contributed by atoms with Gasteiger partial charge in [-0.05, 0) is 43.8 Å². The second kappa shape index (κ2) is 7.42. The molecule has 0 bridgehead atoms. The molecule has 1 aliphatic carbocycles. The lowest BCUT2D eigenvalue weighted by Crippen LogP contribution is -2.45. The molecule has 0 spiro atoms. The molecule has 2 nitrogen and oxygen atoms in total. The summed E-state index contributed by atoms with van der Waals surface area (Å²) in [5.74, 6) is 1.66. The molecule has 1 aromatic carbocycles. The lowest BCUT2D eigenvalue weighted by atomic mass is 9.81. The average molecular weight is 288 g/mol. The molecular formula is C19H32N2. The van der Waals surface area contributed by atoms with E-state index >= 15 is 0 Å². The van der Waals surface area contributed by atoms with Gasteiger partial charge in [0.25, 0.3) is 0 Å². The summed E-state index contributed by atoms with van der Waals surface area (Å²) in [6.07, 6.45) is 2.86. The van der Waals surface area contributed by atoms with Crippen molar-refractivity contribution in [2.24, 2.45) is 11.8 Å². The third-order valence-electron chi connectivity index (χ3n) is 4.42. The van der Waals surface area contributed by atoms with Crippen molar-refractivity contribution in [1.29, 1.82) is 0 Å². The lowest BCUT2D eigenvalue weighted by molar-refractivity contribution is 0.240. The van der Waals surface area contributed by atoms with Gasteiger partial charge in [0.1, 0.15) is 0 Å². The summed E-state index contributed by atoms with van der Waals surface area (Å²) in [5, 5.41) is 3.67. The number of benzene rings is 1. The highest BCUT2D eigenvalue weighted by atomic mass is 15.1. The quantitative estimate of drug-likeness (QED) is 0.748. The van der Waals surface area contributed by atoms with Crippen molar-refractivity contribution in [2.75, 3.05) is 33.2 Å². The number of nitrogens with one attached hydrogen (secondary N) is 1. The molecule has 1 fully saturated rings. The number of rotatable bonds is 9. The lowest BCUT2D eigenvalue weighted by Gasteiger charge is -2.35. The van der Waals surface area contributed by atoms with E-state index in [9.17, 15) is 0 Å². The monoisotopic (exact) mass is 288 g/mol. The Hall–Kier alpha value is -0.860. The maximum atomic E-state index is 3.67. The van der Waals surface area contributed by atoms with Gasteiger partial charge >= 0.3 is 0 Å². The van der Waals surface area contributed by atoms with E-state index in [1.54, 1.807) is 0 Å². The minimum atomic E-state index is 0.180. The largest absolute Gasteiger partial charge is 0.316 e. The molecular weight excluding hydrogens is 256 g/mol. The molecule has 0 radical (unpaired) electrons. The molecule has 0 saturated heterocycles. The van der Waals surface area contributed by atoms with Crippen LogP contribution in [0.25, 0.3) is 0 Å². The second-order valence-corrected chi connectivity index (χ2v) is 7.59. The van der Waals surface area contributed by atoms with Crippen LogP contribution in [-0.2, 0) is 5.41 Å². The first-order chi connectivity index (χ1) is 9.99. The zero-order valence-corrected chi connectivity index (χ0v) is 14.2. The molecule has 0 amide bonds. The number of likely N-dealkylation sites (N-methyl/N-ethyl adjacent to an activating group) is 1. The zero-order valence-electron chi connectivity index (χ0n) is 14.2. The fourth-order valence-electron chi connectivity index (χ4n) is 3.13. The number of nitrogens with zero attached hydrogens (tertiary/aromatic N) is 1. The first kappa shape index (κ1) is 16.5. The van der Waals surface area contributed by atoms with Crippen molar-refractivity contribution >= 4 is 0 Å². The Morgan fingerprint density at radius 3 is 2.48 bits per heavy atom. The molecule has 0 aliphatic heterocycles. The summed E-state index contributed by atoms with van der Waals surface area (Å²) in [5.41, 5.74) is 1.63. The molecule has 118 valence electrons. The first-order valence-electron chi connectivity index (χ1n) is 8.44. The van der Waals surface area contributed by atoms with Crippen molar-refractivity contribution < 1.29 is 0 Å². The Morgan fingerprint density at radius 2 is 1.90 bits per heavy atom. The minimum absolute atomic E-state index is 0.180. The van der Waals surface area contributed by atoms with Crippen molar-refractivity contribution in [1.82, 2.24) is 10.2 Å². The number of hydrogen-bond donors (Lipinski definition) is 1. The second-order valence-electron chi connectivity index (χ2n) is 7.59. The van der Waals surface area contributed by atoms with Gasteiger partial charge in [0.15, 0.2) is 0 Å². The van der Waals surface area contributed by atoms with E-state index < -0.39 is 0 Å². The molecule has 21 heavy (non-hydrogen) atoms. The summed E-state index contributed by atoms with van der Waals surface area (Å²) in [6, 6.07) is 11.0. The van der Waals surface area contributed by atoms with Gasteiger partial charge in [-0.15, -0.1) is 0 Å². The summed E-state index contributed by atoms with van der Waals surface area (Å²) >= 11 is 0. The predicted octanol–water partition coefficient (Wildman–Crippen LogP) is 3.53. The highest BCUT2D eigenvalue weighted by molar-refractivity contribution is 5.25. The third-order valence-corrected chi connectivity index (χ3v) is 4.42. The molecule has 0 aromatic heterocycles. The molecule has 0 heterocycles. The van der Waals surface area contributed by atoms with Crippen molar-refractivity contribution in [3.63, 3.8) is 0 Å². The molecule has 2 rings (SSSR count). The molecule has 1 atom stereocenters. The summed E-state index contributed by atoms with van der Waals surface area (Å²) in [4.78, 5) is 2.53. The van der Waals surface area contributed by atoms with Crippen LogP contribution >= 0.6 is 0 Å². The Kier molecular flexibility index (Phi) is 5.83. The minimum Gasteiger partial charge on any atom is -0.316 e. The van der Waals surface area contributed by atoms with Gasteiger partial charge in [-0.2, -0.15) is 0 Å². The Labute approximate surface area is 130 Å². The fraction of sp³-hybridized carbons (Fsp3) is 0.684. The van der Waals surface area contributed by atoms with Crippen molar-refractivity contribution in [2.45, 2.75) is 39.0 Å². The topological polar surface area (TPSA) is 15.3 Å². The van der Waals surface area contributed by atoms with E-state index in [0.29, 0.717) is 5.92 Å². The SMILES string of the molecule is CC(C)CNCC(C)(CN(C)CC1CC1)c1ccccc1. The van der Waals surface area contributed by atoms with E-state index in [-0.39, 0.29) is 5.41 Å². The molecule has 1 saturated carbocycles. The third kappa shape index (κ3) is 5.44. The maximum Gasteiger partial charge on any atom is 0.0176 e. The van der Waals surface area contributed by atoms with Gasteiger partial charge < -0.3 is 10.2 Å². The standard InChI is InChI=1S/C19H32N2/c1-16(2)12-20-14-19(3,18-8-6-5-7-9-18)15-21(4)13-17-10-11-17/h5-9,16-17,20H,10-15H2,1-4H3. The van der Waals surface area contributed by atoms with Crippen LogP contribution < -0.4 is 5.32 Å². The van der Waals surface area contributed by atoms with Crippen LogP contribution in [0.3, 0.4) is 0 Å². The normalized spacial score (nSPS) is 18.2. The van der Waals surface area contributed by atoms with E-state index in [2.05, 4.69) is 68.4 Å². The van der Waals surface area contributed by atoms with E-state index in [0.717, 1.165) is 25.6 Å². The smallest absolute Gasteiger partial charge is 0.0176 e. The average Bonchev–Trinajstić information content (AvgIpc) is 3.23. The highest BCUT2D eigenvalue weighted by Gasteiger charge is 2.30. The highest BCUT2D eigenvalue weighted by Crippen LogP contribution is 2.31. The van der Waals surface area contributed by atoms with Gasteiger partial charge in [0, 0.05) is 25.0 Å². The summed E-state index contributed by atoms with van der Waals surface area (Å²) < 4.78 is 0. The van der Waals surface area contributed by atoms with Crippen LogP contribution in [0.2, 0.25) is 0 Å². The van der Waals surface area contributed by atoms with Gasteiger partial charge in [-0.25, -0.2) is 0 Å². The first-order valence-corrected chi connectivity index (χ1v) is 8.44. The van der Waals surface area contributed by atoms with Crippen LogP contribution in [0.15, 0.2) is 30.3 Å². The van der Waals surface area contributed by atoms with Crippen LogP contribution in [-0.4, -0.2) is 38.1 Å². The molecule has 1 aliphatic rings. The molecule has 2 heteroatoms. The van der Waals surface area contributed by atoms with Crippen LogP contribution in [0.5, 0.6) is 0 Å². The van der Waals surface area contributed by atoms with Crippen molar-refractivity contribution in [3.8, 4) is 0 Å². The van der Waals surface area contributed by atoms with E-state index in [1.807, 2.05) is 0 Å². The fourth-order valence-corrected chi connectivity index (χ4v) is 3.13. The van der Waals surface area contributed by atoms with E-state index in [4.69, 9.17) is 0 Å². The Morgan fingerprint density at radius 1 is 1.24 bits per heavy atom. The van der Waals surface area contributed by atoms with E-state index in [1.165, 1.54) is 24.9 Å². The van der Waals surface area contributed by atoms with Gasteiger partial charge in [-0.3, -0.25) is 0 Å². The summed E-state index contributed by atoms with van der Waals surface area (Å²) in [7, 11) is 2.28. The molecule has 1 unspecified atom stereocenters. The van der Waals surface area contributed by atoms with Crippen LogP contribution in [0.4, 0.5) is 0 Å². The zero-order chi connectivity index (χ0) is 15.3. The molecule has 1 aromatic rings. The summed E-state index contributed by atoms with van der Waals surface area (Å²) in [6.45, 7) is 11.5. The van der Waals surface area contributed by atoms with Gasteiger partial charge in [0.2, 0.25) is 0 Å². The maximum absolute atomic E-state index is 3.67. The molecule has 1 N–H and O–H groups in total. The van der Waals surface area contributed by atoms with Crippen LogP contribution in [0, 0.1) is 11.8 Å².